The van der Waals surface area contributed by atoms with Crippen LogP contribution in [-0.2, 0) is 9.59 Å². The lowest BCUT2D eigenvalue weighted by atomic mass is 9.76. The molecule has 0 aromatic heterocycles. The minimum Gasteiger partial charge on any atom is -0.492 e. The summed E-state index contributed by atoms with van der Waals surface area (Å²) in [5.41, 5.74) is 2.89. The minimum atomic E-state index is -1.26. The lowest BCUT2D eigenvalue weighted by Gasteiger charge is -2.36. The molecule has 3 aromatic rings. The number of hydrogen-bond donors (Lipinski definition) is 2. The standard InChI is InChI=1S/C26H29NO.C4H4O4/c1-4-10-22(11-5-1)26(23-12-6-2-7-13-23)24-16-18-27(19-17-24)20-21-28-25-14-8-3-9-15-25;5-3(6)1-2-4(7)8/h1-15,24,26H,16-21H2;1-2H,(H,5,6)(H,7,8)/b;2-1+. The maximum absolute atomic E-state index is 9.55. The summed E-state index contributed by atoms with van der Waals surface area (Å²) >= 11 is 0. The third-order valence-electron chi connectivity index (χ3n) is 6.21. The van der Waals surface area contributed by atoms with Crippen LogP contribution >= 0.6 is 0 Å². The fraction of sp³-hybridized carbons (Fsp3) is 0.267. The number of carbonyl (C=O) groups is 2. The fourth-order valence-corrected chi connectivity index (χ4v) is 4.52. The van der Waals surface area contributed by atoms with Crippen LogP contribution in [0.3, 0.4) is 0 Å². The van der Waals surface area contributed by atoms with E-state index in [9.17, 15) is 9.59 Å². The smallest absolute Gasteiger partial charge is 0.328 e. The van der Waals surface area contributed by atoms with Crippen LogP contribution < -0.4 is 4.74 Å². The highest BCUT2D eigenvalue weighted by Crippen LogP contribution is 2.37. The van der Waals surface area contributed by atoms with Crippen LogP contribution in [0.2, 0.25) is 0 Å². The van der Waals surface area contributed by atoms with Crippen molar-refractivity contribution in [3.63, 3.8) is 0 Å². The number of rotatable bonds is 9. The molecular formula is C30H33NO5. The highest BCUT2D eigenvalue weighted by molar-refractivity contribution is 5.89. The highest BCUT2D eigenvalue weighted by atomic mass is 16.5. The minimum absolute atomic E-state index is 0.491. The van der Waals surface area contributed by atoms with Gasteiger partial charge in [-0.3, -0.25) is 4.90 Å². The Morgan fingerprint density at radius 3 is 1.67 bits per heavy atom. The van der Waals surface area contributed by atoms with Gasteiger partial charge in [-0.2, -0.15) is 0 Å². The molecule has 0 atom stereocenters. The summed E-state index contributed by atoms with van der Waals surface area (Å²) in [7, 11) is 0. The predicted octanol–water partition coefficient (Wildman–Crippen LogP) is 5.32. The maximum Gasteiger partial charge on any atom is 0.328 e. The van der Waals surface area contributed by atoms with Gasteiger partial charge >= 0.3 is 11.9 Å². The van der Waals surface area contributed by atoms with Gasteiger partial charge in [0.1, 0.15) is 12.4 Å². The Labute approximate surface area is 212 Å². The van der Waals surface area contributed by atoms with Crippen LogP contribution in [0.15, 0.2) is 103 Å². The first-order valence-electron chi connectivity index (χ1n) is 12.2. The van der Waals surface area contributed by atoms with Gasteiger partial charge in [0.15, 0.2) is 0 Å². The van der Waals surface area contributed by atoms with E-state index >= 15 is 0 Å². The van der Waals surface area contributed by atoms with Gasteiger partial charge < -0.3 is 14.9 Å². The maximum atomic E-state index is 9.55. The van der Waals surface area contributed by atoms with Crippen molar-refractivity contribution in [3.05, 3.63) is 114 Å². The number of carboxylic acids is 2. The van der Waals surface area contributed by atoms with Gasteiger partial charge in [0, 0.05) is 24.6 Å². The quantitative estimate of drug-likeness (QED) is 0.397. The monoisotopic (exact) mass is 487 g/mol. The van der Waals surface area contributed by atoms with Crippen molar-refractivity contribution in [2.75, 3.05) is 26.2 Å². The van der Waals surface area contributed by atoms with E-state index in [4.69, 9.17) is 14.9 Å². The number of ether oxygens (including phenoxy) is 1. The van der Waals surface area contributed by atoms with Crippen molar-refractivity contribution in [1.29, 1.82) is 0 Å². The molecule has 4 rings (SSSR count). The number of nitrogens with zero attached hydrogens (tertiary/aromatic N) is 1. The number of carboxylic acid groups (broad SMARTS) is 2. The normalized spacial score (nSPS) is 14.2. The van der Waals surface area contributed by atoms with Gasteiger partial charge in [0.05, 0.1) is 0 Å². The molecule has 188 valence electrons. The van der Waals surface area contributed by atoms with Crippen LogP contribution in [0.1, 0.15) is 29.9 Å². The Balaban J connectivity index is 0.000000392. The Morgan fingerprint density at radius 1 is 0.778 bits per heavy atom. The summed E-state index contributed by atoms with van der Waals surface area (Å²) in [6, 6.07) is 32.2. The van der Waals surface area contributed by atoms with Gasteiger partial charge in [-0.05, 0) is 55.1 Å². The van der Waals surface area contributed by atoms with E-state index in [1.165, 1.54) is 24.0 Å². The molecule has 0 amide bonds. The van der Waals surface area contributed by atoms with Gasteiger partial charge in [0.25, 0.3) is 0 Å². The second-order valence-electron chi connectivity index (χ2n) is 8.65. The molecule has 1 fully saturated rings. The van der Waals surface area contributed by atoms with Crippen LogP contribution in [0.4, 0.5) is 0 Å². The molecule has 3 aromatic carbocycles. The number of likely N-dealkylation sites (tertiary alicyclic amines) is 1. The Kier molecular flexibility index (Phi) is 10.7. The summed E-state index contributed by atoms with van der Waals surface area (Å²) in [6.07, 6.45) is 3.59. The van der Waals surface area contributed by atoms with Crippen LogP contribution in [0.5, 0.6) is 5.75 Å². The van der Waals surface area contributed by atoms with E-state index in [2.05, 4.69) is 65.6 Å². The number of piperidine rings is 1. The van der Waals surface area contributed by atoms with Crippen molar-refractivity contribution in [2.24, 2.45) is 5.92 Å². The van der Waals surface area contributed by atoms with Crippen LogP contribution in [0.25, 0.3) is 0 Å². The highest BCUT2D eigenvalue weighted by Gasteiger charge is 2.28. The molecule has 0 unspecified atom stereocenters. The molecule has 1 aliphatic heterocycles. The van der Waals surface area contributed by atoms with E-state index in [-0.39, 0.29) is 0 Å². The zero-order valence-corrected chi connectivity index (χ0v) is 20.3. The summed E-state index contributed by atoms with van der Waals surface area (Å²) < 4.78 is 5.88. The average Bonchev–Trinajstić information content (AvgIpc) is 2.91. The summed E-state index contributed by atoms with van der Waals surface area (Å²) in [5, 5.41) is 15.6. The molecule has 2 N–H and O–H groups in total. The molecule has 0 radical (unpaired) electrons. The first-order valence-corrected chi connectivity index (χ1v) is 12.2. The zero-order chi connectivity index (χ0) is 25.6. The molecule has 1 saturated heterocycles. The molecule has 6 nitrogen and oxygen atoms in total. The fourth-order valence-electron chi connectivity index (χ4n) is 4.52. The third-order valence-corrected chi connectivity index (χ3v) is 6.21. The number of para-hydroxylation sites is 1. The molecule has 1 heterocycles. The molecule has 0 bridgehead atoms. The van der Waals surface area contributed by atoms with Crippen molar-refractivity contribution >= 4 is 11.9 Å². The first kappa shape index (κ1) is 26.7. The van der Waals surface area contributed by atoms with Crippen molar-refractivity contribution in [2.45, 2.75) is 18.8 Å². The van der Waals surface area contributed by atoms with E-state index in [1.807, 2.05) is 30.3 Å². The van der Waals surface area contributed by atoms with Gasteiger partial charge in [0.2, 0.25) is 0 Å². The number of benzene rings is 3. The van der Waals surface area contributed by atoms with Gasteiger partial charge in [-0.15, -0.1) is 0 Å². The lowest BCUT2D eigenvalue weighted by Crippen LogP contribution is -2.38. The Hall–Kier alpha value is -3.90. The first-order chi connectivity index (χ1) is 17.5. The molecule has 36 heavy (non-hydrogen) atoms. The molecule has 0 saturated carbocycles. The lowest BCUT2D eigenvalue weighted by molar-refractivity contribution is -0.134. The van der Waals surface area contributed by atoms with Crippen molar-refractivity contribution in [1.82, 2.24) is 4.90 Å². The van der Waals surface area contributed by atoms with Gasteiger partial charge in [-0.25, -0.2) is 9.59 Å². The van der Waals surface area contributed by atoms with Crippen molar-refractivity contribution < 1.29 is 24.5 Å². The van der Waals surface area contributed by atoms with Crippen LogP contribution in [-0.4, -0.2) is 53.3 Å². The third kappa shape index (κ3) is 9.04. The Bertz CT molecular complexity index is 1020. The Morgan fingerprint density at radius 2 is 1.22 bits per heavy atom. The predicted molar refractivity (Wildman–Crippen MR) is 140 cm³/mol. The number of hydrogen-bond acceptors (Lipinski definition) is 4. The van der Waals surface area contributed by atoms with E-state index < -0.39 is 11.9 Å². The second-order valence-corrected chi connectivity index (χ2v) is 8.65. The van der Waals surface area contributed by atoms with Crippen LogP contribution in [0, 0.1) is 5.92 Å². The molecule has 1 aliphatic rings. The topological polar surface area (TPSA) is 87.1 Å². The van der Waals surface area contributed by atoms with E-state index in [0.717, 1.165) is 32.0 Å². The second kappa shape index (κ2) is 14.5. The van der Waals surface area contributed by atoms with Crippen molar-refractivity contribution in [3.8, 4) is 5.75 Å². The van der Waals surface area contributed by atoms with E-state index in [0.29, 0.717) is 24.0 Å². The summed E-state index contributed by atoms with van der Waals surface area (Å²) in [5.74, 6) is -0.369. The largest absolute Gasteiger partial charge is 0.492 e. The van der Waals surface area contributed by atoms with Gasteiger partial charge in [-0.1, -0.05) is 78.9 Å². The summed E-state index contributed by atoms with van der Waals surface area (Å²) in [4.78, 5) is 21.7. The average molecular weight is 488 g/mol. The molecule has 6 heteroatoms. The SMILES string of the molecule is O=C(O)/C=C/C(=O)O.c1ccc(OCCN2CCC(C(c3ccccc3)c3ccccc3)CC2)cc1. The van der Waals surface area contributed by atoms with E-state index in [1.54, 1.807) is 0 Å². The molecule has 0 aliphatic carbocycles. The summed E-state index contributed by atoms with van der Waals surface area (Å²) in [6.45, 7) is 4.07. The molecular weight excluding hydrogens is 454 g/mol. The zero-order valence-electron chi connectivity index (χ0n) is 20.3. The number of aliphatic carboxylic acids is 2. The molecule has 0 spiro atoms.